The number of hydrogen-bond donors (Lipinski definition) is 0. The normalized spacial score (nSPS) is 12.4. The summed E-state index contributed by atoms with van der Waals surface area (Å²) < 4.78 is 4.79. The van der Waals surface area contributed by atoms with E-state index in [1.165, 1.54) is 19.3 Å². The van der Waals surface area contributed by atoms with Gasteiger partial charge in [-0.15, -0.1) is 0 Å². The standard InChI is InChI=1S/C12H13ClN2O3/c1-3-18-12(17)10(8(2)16)7-14-9-4-5-11(13)15-6-9/h4-7,10H,3H2,1-2H3. The molecule has 96 valence electrons. The van der Waals surface area contributed by atoms with E-state index in [1.54, 1.807) is 19.1 Å². The van der Waals surface area contributed by atoms with E-state index in [4.69, 9.17) is 16.3 Å². The minimum Gasteiger partial charge on any atom is -0.465 e. The van der Waals surface area contributed by atoms with Crippen molar-refractivity contribution in [3.05, 3.63) is 23.5 Å². The van der Waals surface area contributed by atoms with Crippen LogP contribution in [0, 0.1) is 5.92 Å². The molecule has 18 heavy (non-hydrogen) atoms. The molecule has 1 atom stereocenters. The van der Waals surface area contributed by atoms with Gasteiger partial charge in [-0.05, 0) is 26.0 Å². The van der Waals surface area contributed by atoms with E-state index in [2.05, 4.69) is 9.98 Å². The predicted octanol–water partition coefficient (Wildman–Crippen LogP) is 2.21. The van der Waals surface area contributed by atoms with Gasteiger partial charge in [-0.25, -0.2) is 4.98 Å². The zero-order valence-electron chi connectivity index (χ0n) is 10.1. The van der Waals surface area contributed by atoms with Gasteiger partial charge in [0.05, 0.1) is 18.5 Å². The lowest BCUT2D eigenvalue weighted by Crippen LogP contribution is -2.25. The SMILES string of the molecule is CCOC(=O)C(C=Nc1ccc(Cl)nc1)C(C)=O. The Bertz CT molecular complexity index is 457. The van der Waals surface area contributed by atoms with E-state index in [0.717, 1.165) is 0 Å². The molecule has 1 aromatic heterocycles. The molecular weight excluding hydrogens is 256 g/mol. The van der Waals surface area contributed by atoms with Crippen molar-refractivity contribution >= 4 is 35.3 Å². The van der Waals surface area contributed by atoms with Crippen molar-refractivity contribution < 1.29 is 14.3 Å². The third-order valence-electron chi connectivity index (χ3n) is 2.06. The zero-order chi connectivity index (χ0) is 13.5. The fourth-order valence-corrected chi connectivity index (χ4v) is 1.28. The Kier molecular flexibility index (Phi) is 5.45. The van der Waals surface area contributed by atoms with Crippen molar-refractivity contribution in [1.82, 2.24) is 4.98 Å². The van der Waals surface area contributed by atoms with Crippen LogP contribution in [0.5, 0.6) is 0 Å². The summed E-state index contributed by atoms with van der Waals surface area (Å²) in [5, 5.41) is 0.350. The van der Waals surface area contributed by atoms with Crippen molar-refractivity contribution in [3.8, 4) is 0 Å². The second-order valence-corrected chi connectivity index (χ2v) is 3.84. The second kappa shape index (κ2) is 6.86. The highest BCUT2D eigenvalue weighted by Crippen LogP contribution is 2.13. The lowest BCUT2D eigenvalue weighted by Gasteiger charge is -2.06. The first-order chi connectivity index (χ1) is 8.54. The van der Waals surface area contributed by atoms with Gasteiger partial charge in [-0.1, -0.05) is 11.6 Å². The van der Waals surface area contributed by atoms with Crippen LogP contribution < -0.4 is 0 Å². The number of pyridine rings is 1. The molecule has 5 nitrogen and oxygen atoms in total. The lowest BCUT2D eigenvalue weighted by molar-refractivity contribution is -0.148. The zero-order valence-corrected chi connectivity index (χ0v) is 10.8. The molecule has 0 bridgehead atoms. The Morgan fingerprint density at radius 2 is 2.28 bits per heavy atom. The highest BCUT2D eigenvalue weighted by Gasteiger charge is 2.22. The molecule has 0 fully saturated rings. The predicted molar refractivity (Wildman–Crippen MR) is 68.2 cm³/mol. The van der Waals surface area contributed by atoms with Gasteiger partial charge in [0.2, 0.25) is 0 Å². The van der Waals surface area contributed by atoms with Gasteiger partial charge in [0.15, 0.2) is 5.92 Å². The summed E-state index contributed by atoms with van der Waals surface area (Å²) >= 11 is 5.63. The number of ketones is 1. The number of ether oxygens (including phenoxy) is 1. The first kappa shape index (κ1) is 14.3. The first-order valence-electron chi connectivity index (χ1n) is 5.37. The summed E-state index contributed by atoms with van der Waals surface area (Å²) in [4.78, 5) is 30.6. The quantitative estimate of drug-likeness (QED) is 0.355. The minimum atomic E-state index is -0.986. The number of Topliss-reactive ketones (excluding diaryl/α,β-unsaturated/α-hetero) is 1. The number of nitrogens with zero attached hydrogens (tertiary/aromatic N) is 2. The Hall–Kier alpha value is -1.75. The third kappa shape index (κ3) is 4.25. The van der Waals surface area contributed by atoms with E-state index in [1.807, 2.05) is 0 Å². The molecule has 0 aliphatic carbocycles. The van der Waals surface area contributed by atoms with Crippen molar-refractivity contribution in [2.75, 3.05) is 6.61 Å². The van der Waals surface area contributed by atoms with Crippen LogP contribution in [0.1, 0.15) is 13.8 Å². The van der Waals surface area contributed by atoms with E-state index in [-0.39, 0.29) is 12.4 Å². The Labute approximate surface area is 110 Å². The molecule has 1 heterocycles. The number of carbonyl (C=O) groups excluding carboxylic acids is 2. The molecule has 0 spiro atoms. The third-order valence-corrected chi connectivity index (χ3v) is 2.29. The van der Waals surface area contributed by atoms with Crippen molar-refractivity contribution in [2.45, 2.75) is 13.8 Å². The van der Waals surface area contributed by atoms with E-state index >= 15 is 0 Å². The van der Waals surface area contributed by atoms with Gasteiger partial charge in [0.1, 0.15) is 10.9 Å². The van der Waals surface area contributed by atoms with Crippen molar-refractivity contribution in [1.29, 1.82) is 0 Å². The van der Waals surface area contributed by atoms with E-state index in [9.17, 15) is 9.59 Å². The molecule has 0 saturated carbocycles. The highest BCUT2D eigenvalue weighted by atomic mass is 35.5. The molecule has 1 aromatic rings. The lowest BCUT2D eigenvalue weighted by atomic mass is 10.1. The van der Waals surface area contributed by atoms with Gasteiger partial charge >= 0.3 is 5.97 Å². The monoisotopic (exact) mass is 268 g/mol. The Balaban J connectivity index is 2.80. The molecule has 0 aliphatic rings. The number of esters is 1. The van der Waals surface area contributed by atoms with Crippen LogP contribution in [-0.2, 0) is 14.3 Å². The fourth-order valence-electron chi connectivity index (χ4n) is 1.17. The highest BCUT2D eigenvalue weighted by molar-refractivity contribution is 6.29. The number of aromatic nitrogens is 1. The van der Waals surface area contributed by atoms with Crippen molar-refractivity contribution in [3.63, 3.8) is 0 Å². The van der Waals surface area contributed by atoms with Crippen LogP contribution >= 0.6 is 11.6 Å². The molecule has 0 aliphatic heterocycles. The summed E-state index contributed by atoms with van der Waals surface area (Å²) in [5.74, 6) is -1.91. The molecule has 0 radical (unpaired) electrons. The summed E-state index contributed by atoms with van der Waals surface area (Å²) in [6.07, 6.45) is 2.70. The van der Waals surface area contributed by atoms with Crippen LogP contribution in [0.25, 0.3) is 0 Å². The molecular formula is C12H13ClN2O3. The molecule has 0 N–H and O–H groups in total. The Morgan fingerprint density at radius 3 is 2.78 bits per heavy atom. The van der Waals surface area contributed by atoms with Gasteiger partial charge < -0.3 is 4.74 Å². The maximum Gasteiger partial charge on any atom is 0.321 e. The van der Waals surface area contributed by atoms with Crippen LogP contribution in [0.3, 0.4) is 0 Å². The smallest absolute Gasteiger partial charge is 0.321 e. The number of hydrogen-bond acceptors (Lipinski definition) is 5. The van der Waals surface area contributed by atoms with Crippen LogP contribution in [0.15, 0.2) is 23.3 Å². The summed E-state index contributed by atoms with van der Waals surface area (Å²) in [5.41, 5.74) is 0.509. The van der Waals surface area contributed by atoms with Gasteiger partial charge in [0, 0.05) is 6.21 Å². The summed E-state index contributed by atoms with van der Waals surface area (Å²) in [6, 6.07) is 3.20. The van der Waals surface area contributed by atoms with Crippen molar-refractivity contribution in [2.24, 2.45) is 10.9 Å². The maximum atomic E-state index is 11.5. The summed E-state index contributed by atoms with van der Waals surface area (Å²) in [7, 11) is 0. The number of aliphatic imine (C=N–C) groups is 1. The van der Waals surface area contributed by atoms with Gasteiger partial charge in [-0.3, -0.25) is 14.6 Å². The molecule has 0 amide bonds. The van der Waals surface area contributed by atoms with Gasteiger partial charge in [-0.2, -0.15) is 0 Å². The van der Waals surface area contributed by atoms with E-state index < -0.39 is 11.9 Å². The topological polar surface area (TPSA) is 68.6 Å². The van der Waals surface area contributed by atoms with Crippen LogP contribution in [-0.4, -0.2) is 29.6 Å². The minimum absolute atomic E-state index is 0.221. The average molecular weight is 269 g/mol. The largest absolute Gasteiger partial charge is 0.465 e. The molecule has 1 unspecified atom stereocenters. The summed E-state index contributed by atoms with van der Waals surface area (Å²) in [6.45, 7) is 3.21. The molecule has 1 rings (SSSR count). The fraction of sp³-hybridized carbons (Fsp3) is 0.333. The molecule has 0 aromatic carbocycles. The first-order valence-corrected chi connectivity index (χ1v) is 5.75. The van der Waals surface area contributed by atoms with Crippen LogP contribution in [0.2, 0.25) is 5.15 Å². The Morgan fingerprint density at radius 1 is 1.56 bits per heavy atom. The van der Waals surface area contributed by atoms with Crippen LogP contribution in [0.4, 0.5) is 5.69 Å². The number of halogens is 1. The number of carbonyl (C=O) groups is 2. The molecule has 0 saturated heterocycles. The van der Waals surface area contributed by atoms with E-state index in [0.29, 0.717) is 10.8 Å². The van der Waals surface area contributed by atoms with Gasteiger partial charge in [0.25, 0.3) is 0 Å². The average Bonchev–Trinajstić information content (AvgIpc) is 2.31. The number of rotatable bonds is 5. The molecule has 6 heteroatoms. The second-order valence-electron chi connectivity index (χ2n) is 3.46. The maximum absolute atomic E-state index is 11.5.